The van der Waals surface area contributed by atoms with Gasteiger partial charge in [0.25, 0.3) is 0 Å². The van der Waals surface area contributed by atoms with Gasteiger partial charge in [-0.1, -0.05) is 77.0 Å². The van der Waals surface area contributed by atoms with Crippen molar-refractivity contribution in [3.05, 3.63) is 0 Å². The lowest BCUT2D eigenvalue weighted by Gasteiger charge is -2.05. The van der Waals surface area contributed by atoms with E-state index in [1.807, 2.05) is 0 Å². The lowest BCUT2D eigenvalue weighted by molar-refractivity contribution is 0.504. The summed E-state index contributed by atoms with van der Waals surface area (Å²) in [5, 5.41) is 0. The summed E-state index contributed by atoms with van der Waals surface area (Å²) in [6.07, 6.45) is 18.0. The third-order valence-corrected chi connectivity index (χ3v) is 3.00. The molecule has 0 aromatic heterocycles. The van der Waals surface area contributed by atoms with Crippen molar-refractivity contribution in [2.24, 2.45) is 0 Å². The maximum atomic E-state index is 7.53. The van der Waals surface area contributed by atoms with Crippen LogP contribution in [0.5, 0.6) is 0 Å². The predicted octanol–water partition coefficient (Wildman–Crippen LogP) is 5.31. The van der Waals surface area contributed by atoms with Gasteiger partial charge in [0.05, 0.1) is 11.0 Å². The van der Waals surface area contributed by atoms with Crippen molar-refractivity contribution >= 4 is 16.9 Å². The molecule has 0 saturated heterocycles. The molecule has 0 aromatic rings. The van der Waals surface area contributed by atoms with Gasteiger partial charge in [-0.2, -0.15) is 0 Å². The highest BCUT2D eigenvalue weighted by molar-refractivity contribution is 8.03. The molecule has 0 aromatic carbocycles. The van der Waals surface area contributed by atoms with E-state index in [9.17, 15) is 0 Å². The highest BCUT2D eigenvalue weighted by Crippen LogP contribution is 2.15. The summed E-state index contributed by atoms with van der Waals surface area (Å²) in [5.41, 5.74) is 0. The SMILES string of the molecule is C1CCCCC1.C1CCCCC1.C=S(O)O. The molecule has 0 heterocycles. The summed E-state index contributed by atoms with van der Waals surface area (Å²) in [6.45, 7) is 0. The molecular formula is C13H28O2S. The molecule has 0 atom stereocenters. The average molecular weight is 248 g/mol. The quantitative estimate of drug-likeness (QED) is 0.570. The number of rotatable bonds is 0. The maximum absolute atomic E-state index is 7.53. The Morgan fingerprint density at radius 2 is 0.562 bits per heavy atom. The highest BCUT2D eigenvalue weighted by Gasteiger charge is 1.96. The number of hydrogen-bond acceptors (Lipinski definition) is 2. The standard InChI is InChI=1S/2C6H12.CH4O2S/c2*1-2-4-6-5-3-1;1-4(2)3/h2*1-6H2;2-3H,1H2. The molecule has 0 spiro atoms. The van der Waals surface area contributed by atoms with Gasteiger partial charge in [-0.3, -0.25) is 0 Å². The average Bonchev–Trinajstić information content (AvgIpc) is 2.34. The lowest BCUT2D eigenvalue weighted by atomic mass is 10.0. The zero-order valence-electron chi connectivity index (χ0n) is 10.5. The van der Waals surface area contributed by atoms with Gasteiger partial charge < -0.3 is 9.11 Å². The van der Waals surface area contributed by atoms with E-state index >= 15 is 0 Å². The molecule has 0 radical (unpaired) electrons. The van der Waals surface area contributed by atoms with Crippen LogP contribution >= 0.6 is 11.0 Å². The molecule has 2 aliphatic carbocycles. The van der Waals surface area contributed by atoms with Crippen LogP contribution in [0.4, 0.5) is 0 Å². The second-order valence-electron chi connectivity index (χ2n) is 4.58. The van der Waals surface area contributed by atoms with Crippen molar-refractivity contribution < 1.29 is 9.11 Å². The second kappa shape index (κ2) is 13.2. The van der Waals surface area contributed by atoms with Crippen molar-refractivity contribution in [2.75, 3.05) is 0 Å². The second-order valence-corrected chi connectivity index (χ2v) is 5.26. The summed E-state index contributed by atoms with van der Waals surface area (Å²) in [6, 6.07) is 0. The van der Waals surface area contributed by atoms with E-state index in [4.69, 9.17) is 9.11 Å². The van der Waals surface area contributed by atoms with E-state index in [0.717, 1.165) is 0 Å². The van der Waals surface area contributed by atoms with Crippen LogP contribution in [0.3, 0.4) is 0 Å². The normalized spacial score (nSPS) is 20.2. The monoisotopic (exact) mass is 248 g/mol. The molecule has 3 heteroatoms. The largest absolute Gasteiger partial charge is 0.315 e. The van der Waals surface area contributed by atoms with Gasteiger partial charge in [0.2, 0.25) is 0 Å². The summed E-state index contributed by atoms with van der Waals surface area (Å²) >= 11 is -1.61. The van der Waals surface area contributed by atoms with Crippen molar-refractivity contribution in [1.29, 1.82) is 0 Å². The summed E-state index contributed by atoms with van der Waals surface area (Å²) in [7, 11) is 0. The van der Waals surface area contributed by atoms with Gasteiger partial charge in [-0.25, -0.2) is 0 Å². The van der Waals surface area contributed by atoms with Gasteiger partial charge in [-0.15, -0.1) is 0 Å². The molecule has 0 bridgehead atoms. The maximum Gasteiger partial charge on any atom is 0.0628 e. The Morgan fingerprint density at radius 1 is 0.500 bits per heavy atom. The Labute approximate surface area is 103 Å². The van der Waals surface area contributed by atoms with Crippen LogP contribution in [0, 0.1) is 0 Å². The van der Waals surface area contributed by atoms with E-state index in [2.05, 4.69) is 5.87 Å². The molecule has 98 valence electrons. The van der Waals surface area contributed by atoms with Crippen LogP contribution < -0.4 is 0 Å². The summed E-state index contributed by atoms with van der Waals surface area (Å²) < 4.78 is 15.1. The minimum Gasteiger partial charge on any atom is -0.315 e. The molecular weight excluding hydrogens is 220 g/mol. The zero-order chi connectivity index (χ0) is 12.1. The van der Waals surface area contributed by atoms with E-state index < -0.39 is 11.0 Å². The van der Waals surface area contributed by atoms with Gasteiger partial charge >= 0.3 is 0 Å². The first kappa shape index (κ1) is 16.1. The molecule has 0 aliphatic heterocycles. The molecule has 0 amide bonds. The zero-order valence-corrected chi connectivity index (χ0v) is 11.3. The minimum absolute atomic E-state index is 1.50. The fourth-order valence-electron chi connectivity index (χ4n) is 2.12. The Balaban J connectivity index is 0.000000217. The van der Waals surface area contributed by atoms with Crippen molar-refractivity contribution in [3.8, 4) is 0 Å². The Kier molecular flexibility index (Phi) is 13.3. The minimum atomic E-state index is -1.61. The first-order valence-corrected chi connectivity index (χ1v) is 7.96. The fraction of sp³-hybridized carbons (Fsp3) is 0.923. The van der Waals surface area contributed by atoms with Crippen molar-refractivity contribution in [3.63, 3.8) is 0 Å². The Bertz CT molecular complexity index is 113. The Morgan fingerprint density at radius 3 is 0.625 bits per heavy atom. The van der Waals surface area contributed by atoms with E-state index in [0.29, 0.717) is 0 Å². The van der Waals surface area contributed by atoms with Gasteiger partial charge in [0, 0.05) is 0 Å². The molecule has 2 saturated carbocycles. The van der Waals surface area contributed by atoms with Crippen molar-refractivity contribution in [1.82, 2.24) is 0 Å². The molecule has 2 aliphatic rings. The highest BCUT2D eigenvalue weighted by atomic mass is 32.2. The van der Waals surface area contributed by atoms with Crippen LogP contribution in [0.1, 0.15) is 77.0 Å². The van der Waals surface area contributed by atoms with Gasteiger partial charge in [0.1, 0.15) is 0 Å². The lowest BCUT2D eigenvalue weighted by Crippen LogP contribution is -1.85. The third-order valence-electron chi connectivity index (χ3n) is 3.00. The van der Waals surface area contributed by atoms with Crippen LogP contribution in [0.2, 0.25) is 0 Å². The number of hydrogen-bond donors (Lipinski definition) is 2. The Hall–Kier alpha value is 0.140. The topological polar surface area (TPSA) is 40.5 Å². The van der Waals surface area contributed by atoms with E-state index in [-0.39, 0.29) is 0 Å². The summed E-state index contributed by atoms with van der Waals surface area (Å²) in [4.78, 5) is 0. The molecule has 0 unspecified atom stereocenters. The van der Waals surface area contributed by atoms with Crippen molar-refractivity contribution in [2.45, 2.75) is 77.0 Å². The first-order valence-electron chi connectivity index (χ1n) is 6.65. The van der Waals surface area contributed by atoms with Crippen LogP contribution in [-0.4, -0.2) is 15.0 Å². The predicted molar refractivity (Wildman–Crippen MR) is 75.4 cm³/mol. The van der Waals surface area contributed by atoms with Gasteiger partial charge in [-0.05, 0) is 5.87 Å². The van der Waals surface area contributed by atoms with Crippen LogP contribution in [-0.2, 0) is 0 Å². The fourth-order valence-corrected chi connectivity index (χ4v) is 2.12. The third kappa shape index (κ3) is 16.6. The molecule has 16 heavy (non-hydrogen) atoms. The van der Waals surface area contributed by atoms with E-state index in [1.54, 1.807) is 0 Å². The van der Waals surface area contributed by atoms with Gasteiger partial charge in [0.15, 0.2) is 0 Å². The summed E-state index contributed by atoms with van der Waals surface area (Å²) in [5.74, 6) is 2.78. The molecule has 2 rings (SSSR count). The van der Waals surface area contributed by atoms with E-state index in [1.165, 1.54) is 77.0 Å². The van der Waals surface area contributed by atoms with Crippen LogP contribution in [0.25, 0.3) is 0 Å². The van der Waals surface area contributed by atoms with Crippen LogP contribution in [0.15, 0.2) is 0 Å². The molecule has 2 fully saturated rings. The molecule has 2 N–H and O–H groups in total. The smallest absolute Gasteiger partial charge is 0.0628 e. The molecule has 2 nitrogen and oxygen atoms in total. The first-order chi connectivity index (χ1) is 7.73.